The fourth-order valence-electron chi connectivity index (χ4n) is 3.67. The maximum absolute atomic E-state index is 12.7. The summed E-state index contributed by atoms with van der Waals surface area (Å²) in [5.41, 5.74) is 7.43. The number of hydrogen-bond acceptors (Lipinski definition) is 4. The fraction of sp³-hybridized carbons (Fsp3) is 0.625. The van der Waals surface area contributed by atoms with Gasteiger partial charge in [0.2, 0.25) is 0 Å². The van der Waals surface area contributed by atoms with Gasteiger partial charge in [0.15, 0.2) is 5.78 Å². The zero-order valence-corrected chi connectivity index (χ0v) is 12.1. The average molecular weight is 273 g/mol. The van der Waals surface area contributed by atoms with Crippen molar-refractivity contribution in [3.8, 4) is 0 Å². The molecule has 4 heteroatoms. The minimum absolute atomic E-state index is 0.0831. The first-order valence-electron chi connectivity index (χ1n) is 7.67. The predicted octanol–water partition coefficient (Wildman–Crippen LogP) is 2.47. The monoisotopic (exact) mass is 273 g/mol. The van der Waals surface area contributed by atoms with Crippen LogP contribution in [0.1, 0.15) is 54.4 Å². The van der Waals surface area contributed by atoms with Crippen LogP contribution in [0.5, 0.6) is 0 Å². The van der Waals surface area contributed by atoms with Gasteiger partial charge in [-0.1, -0.05) is 12.8 Å². The average Bonchev–Trinajstić information content (AvgIpc) is 2.48. The van der Waals surface area contributed by atoms with Crippen molar-refractivity contribution in [1.29, 1.82) is 0 Å². The molecule has 4 nitrogen and oxygen atoms in total. The molecule has 2 aliphatic rings. The highest BCUT2D eigenvalue weighted by atomic mass is 16.1. The van der Waals surface area contributed by atoms with Gasteiger partial charge in [0.25, 0.3) is 0 Å². The standard InChI is InChI=1S/C16H23N3O/c1-10-8-12(16(17)18-9-10)15(20)14-7-6-11-4-2-3-5-13(11)19-14/h8-9,11,13-14,19H,2-7H2,1H3,(H2,17,18). The van der Waals surface area contributed by atoms with Crippen molar-refractivity contribution >= 4 is 11.6 Å². The number of aryl methyl sites for hydroxylation is 1. The van der Waals surface area contributed by atoms with E-state index in [0.29, 0.717) is 17.4 Å². The van der Waals surface area contributed by atoms with E-state index in [1.54, 1.807) is 6.20 Å². The summed E-state index contributed by atoms with van der Waals surface area (Å²) in [5.74, 6) is 1.23. The van der Waals surface area contributed by atoms with Crippen LogP contribution in [0, 0.1) is 12.8 Å². The van der Waals surface area contributed by atoms with Gasteiger partial charge in [-0.3, -0.25) is 4.79 Å². The lowest BCUT2D eigenvalue weighted by Gasteiger charge is -2.40. The number of piperidine rings is 1. The second-order valence-corrected chi connectivity index (χ2v) is 6.26. The van der Waals surface area contributed by atoms with Crippen LogP contribution in [0.2, 0.25) is 0 Å². The first-order chi connectivity index (χ1) is 9.65. The Morgan fingerprint density at radius 2 is 2.10 bits per heavy atom. The molecule has 0 radical (unpaired) electrons. The zero-order chi connectivity index (χ0) is 14.1. The largest absolute Gasteiger partial charge is 0.383 e. The van der Waals surface area contributed by atoms with Gasteiger partial charge in [-0.2, -0.15) is 0 Å². The number of nitrogen functional groups attached to an aromatic ring is 1. The Balaban J connectivity index is 1.76. The lowest BCUT2D eigenvalue weighted by molar-refractivity contribution is 0.0862. The normalized spacial score (nSPS) is 29.8. The Bertz CT molecular complexity index is 514. The van der Waals surface area contributed by atoms with Crippen LogP contribution in [0.15, 0.2) is 12.3 Å². The van der Waals surface area contributed by atoms with Crippen molar-refractivity contribution in [1.82, 2.24) is 10.3 Å². The Hall–Kier alpha value is -1.42. The number of ketones is 1. The van der Waals surface area contributed by atoms with E-state index in [0.717, 1.165) is 24.3 Å². The van der Waals surface area contributed by atoms with Crippen LogP contribution in [0.4, 0.5) is 5.82 Å². The van der Waals surface area contributed by atoms with Crippen LogP contribution < -0.4 is 11.1 Å². The number of nitrogens with zero attached hydrogens (tertiary/aromatic N) is 1. The number of anilines is 1. The summed E-state index contributed by atoms with van der Waals surface area (Å²) in [4.78, 5) is 16.8. The van der Waals surface area contributed by atoms with Gasteiger partial charge in [-0.15, -0.1) is 0 Å². The van der Waals surface area contributed by atoms with Crippen LogP contribution in [0.25, 0.3) is 0 Å². The highest BCUT2D eigenvalue weighted by Crippen LogP contribution is 2.33. The summed E-state index contributed by atoms with van der Waals surface area (Å²) in [6.07, 6.45) is 8.93. The number of pyridine rings is 1. The van der Waals surface area contributed by atoms with Crippen LogP contribution in [-0.4, -0.2) is 22.9 Å². The summed E-state index contributed by atoms with van der Waals surface area (Å²) in [6, 6.07) is 2.30. The highest BCUT2D eigenvalue weighted by Gasteiger charge is 2.35. The van der Waals surface area contributed by atoms with Gasteiger partial charge in [0, 0.05) is 12.2 Å². The molecule has 3 atom stereocenters. The molecule has 1 aromatic heterocycles. The molecule has 0 spiro atoms. The van der Waals surface area contributed by atoms with Gasteiger partial charge in [0.05, 0.1) is 11.6 Å². The van der Waals surface area contributed by atoms with Crippen molar-refractivity contribution in [3.63, 3.8) is 0 Å². The minimum Gasteiger partial charge on any atom is -0.383 e. The van der Waals surface area contributed by atoms with E-state index in [-0.39, 0.29) is 11.8 Å². The maximum atomic E-state index is 12.7. The Kier molecular flexibility index (Phi) is 3.74. The maximum Gasteiger partial charge on any atom is 0.183 e. The lowest BCUT2D eigenvalue weighted by Crippen LogP contribution is -2.52. The molecule has 108 valence electrons. The SMILES string of the molecule is Cc1cnc(N)c(C(=O)C2CCC3CCCCC3N2)c1. The highest BCUT2D eigenvalue weighted by molar-refractivity contribution is 6.03. The summed E-state index contributed by atoms with van der Waals surface area (Å²) in [5, 5.41) is 3.57. The van der Waals surface area contributed by atoms with Gasteiger partial charge >= 0.3 is 0 Å². The van der Waals surface area contributed by atoms with Gasteiger partial charge in [-0.25, -0.2) is 4.98 Å². The number of rotatable bonds is 2. The smallest absolute Gasteiger partial charge is 0.183 e. The minimum atomic E-state index is -0.0831. The number of carbonyl (C=O) groups excluding carboxylic acids is 1. The molecule has 3 unspecified atom stereocenters. The number of nitrogens with two attached hydrogens (primary N) is 1. The molecule has 0 aromatic carbocycles. The molecule has 2 heterocycles. The second-order valence-electron chi connectivity index (χ2n) is 6.26. The lowest BCUT2D eigenvalue weighted by atomic mass is 9.77. The third-order valence-electron chi connectivity index (χ3n) is 4.79. The van der Waals surface area contributed by atoms with E-state index in [1.165, 1.54) is 25.7 Å². The molecule has 20 heavy (non-hydrogen) atoms. The van der Waals surface area contributed by atoms with Crippen LogP contribution in [0.3, 0.4) is 0 Å². The fourth-order valence-corrected chi connectivity index (χ4v) is 3.67. The first-order valence-corrected chi connectivity index (χ1v) is 7.67. The number of carbonyl (C=O) groups is 1. The van der Waals surface area contributed by atoms with E-state index in [2.05, 4.69) is 10.3 Å². The molecular weight excluding hydrogens is 250 g/mol. The van der Waals surface area contributed by atoms with E-state index in [1.807, 2.05) is 13.0 Å². The van der Waals surface area contributed by atoms with Crippen LogP contribution in [-0.2, 0) is 0 Å². The topological polar surface area (TPSA) is 68.0 Å². The molecule has 3 N–H and O–H groups in total. The van der Waals surface area contributed by atoms with E-state index in [9.17, 15) is 4.79 Å². The number of hydrogen-bond donors (Lipinski definition) is 2. The molecule has 1 aliphatic heterocycles. The summed E-state index contributed by atoms with van der Waals surface area (Å²) in [7, 11) is 0. The number of Topliss-reactive ketones (excluding diaryl/α,β-unsaturated/α-hetero) is 1. The second kappa shape index (κ2) is 5.52. The Labute approximate surface area is 120 Å². The molecule has 1 aromatic rings. The van der Waals surface area contributed by atoms with Gasteiger partial charge in [-0.05, 0) is 50.2 Å². The third-order valence-corrected chi connectivity index (χ3v) is 4.79. The summed E-state index contributed by atoms with van der Waals surface area (Å²) in [6.45, 7) is 1.94. The molecule has 1 aliphatic carbocycles. The molecule has 1 saturated heterocycles. The van der Waals surface area contributed by atoms with Gasteiger partial charge < -0.3 is 11.1 Å². The molecule has 3 rings (SSSR count). The molecule has 2 fully saturated rings. The van der Waals surface area contributed by atoms with Crippen molar-refractivity contribution < 1.29 is 4.79 Å². The summed E-state index contributed by atoms with van der Waals surface area (Å²) >= 11 is 0. The number of nitrogens with one attached hydrogen (secondary N) is 1. The van der Waals surface area contributed by atoms with Crippen molar-refractivity contribution in [3.05, 3.63) is 23.4 Å². The number of aromatic nitrogens is 1. The Morgan fingerprint density at radius 3 is 2.95 bits per heavy atom. The molecule has 0 bridgehead atoms. The van der Waals surface area contributed by atoms with Crippen molar-refractivity contribution in [2.75, 3.05) is 5.73 Å². The predicted molar refractivity (Wildman–Crippen MR) is 79.6 cm³/mol. The van der Waals surface area contributed by atoms with Gasteiger partial charge in [0.1, 0.15) is 5.82 Å². The zero-order valence-electron chi connectivity index (χ0n) is 12.1. The van der Waals surface area contributed by atoms with Crippen molar-refractivity contribution in [2.45, 2.75) is 57.5 Å². The Morgan fingerprint density at radius 1 is 1.30 bits per heavy atom. The first kappa shape index (κ1) is 13.6. The molecule has 1 saturated carbocycles. The van der Waals surface area contributed by atoms with E-state index in [4.69, 9.17) is 5.73 Å². The van der Waals surface area contributed by atoms with Crippen LogP contribution >= 0.6 is 0 Å². The van der Waals surface area contributed by atoms with E-state index >= 15 is 0 Å². The molecule has 0 amide bonds. The summed E-state index contributed by atoms with van der Waals surface area (Å²) < 4.78 is 0. The number of fused-ring (bicyclic) bond motifs is 1. The molecular formula is C16H23N3O. The third kappa shape index (κ3) is 2.57. The van der Waals surface area contributed by atoms with E-state index < -0.39 is 0 Å². The van der Waals surface area contributed by atoms with Crippen molar-refractivity contribution in [2.24, 2.45) is 5.92 Å². The quantitative estimate of drug-likeness (QED) is 0.812.